The lowest BCUT2D eigenvalue weighted by Crippen LogP contribution is -1.98. The van der Waals surface area contributed by atoms with Gasteiger partial charge in [0.15, 0.2) is 11.1 Å². The zero-order valence-corrected chi connectivity index (χ0v) is 6.89. The van der Waals surface area contributed by atoms with E-state index in [9.17, 15) is 4.21 Å². The summed E-state index contributed by atoms with van der Waals surface area (Å²) < 4.78 is 19.1. The monoisotopic (exact) mass is 192 g/mol. The molecule has 11 heavy (non-hydrogen) atoms. The molecule has 3 N–H and O–H groups in total. The SMILES string of the molecule is Nc1ncc(Cl)cc1S(=O)O. The summed E-state index contributed by atoms with van der Waals surface area (Å²) >= 11 is 3.37. The first-order valence-corrected chi connectivity index (χ1v) is 4.11. The second-order valence-electron chi connectivity index (χ2n) is 1.79. The number of nitrogens with two attached hydrogens (primary N) is 1. The van der Waals surface area contributed by atoms with Crippen molar-refractivity contribution in [2.24, 2.45) is 0 Å². The molecule has 0 fully saturated rings. The van der Waals surface area contributed by atoms with E-state index in [0.717, 1.165) is 0 Å². The molecular weight excluding hydrogens is 188 g/mol. The van der Waals surface area contributed by atoms with Crippen molar-refractivity contribution < 1.29 is 8.76 Å². The molecule has 0 saturated heterocycles. The van der Waals surface area contributed by atoms with Gasteiger partial charge in [-0.25, -0.2) is 9.19 Å². The molecule has 0 amide bonds. The van der Waals surface area contributed by atoms with Gasteiger partial charge in [-0.05, 0) is 6.07 Å². The molecule has 4 nitrogen and oxygen atoms in total. The highest BCUT2D eigenvalue weighted by atomic mass is 35.5. The third-order valence-corrected chi connectivity index (χ3v) is 1.95. The maximum absolute atomic E-state index is 10.5. The van der Waals surface area contributed by atoms with Crippen LogP contribution in [0.4, 0.5) is 5.82 Å². The highest BCUT2D eigenvalue weighted by Crippen LogP contribution is 2.16. The summed E-state index contributed by atoms with van der Waals surface area (Å²) in [4.78, 5) is 3.63. The van der Waals surface area contributed by atoms with Gasteiger partial charge in [0.25, 0.3) is 0 Å². The first kappa shape index (κ1) is 8.45. The quantitative estimate of drug-likeness (QED) is 0.649. The second kappa shape index (κ2) is 3.17. The van der Waals surface area contributed by atoms with E-state index in [1.807, 2.05) is 0 Å². The van der Waals surface area contributed by atoms with Crippen LogP contribution in [0.25, 0.3) is 0 Å². The van der Waals surface area contributed by atoms with Crippen LogP contribution in [0, 0.1) is 0 Å². The van der Waals surface area contributed by atoms with E-state index >= 15 is 0 Å². The van der Waals surface area contributed by atoms with E-state index in [1.165, 1.54) is 12.3 Å². The van der Waals surface area contributed by atoms with E-state index in [0.29, 0.717) is 0 Å². The van der Waals surface area contributed by atoms with Gasteiger partial charge in [0, 0.05) is 6.20 Å². The Morgan fingerprint density at radius 3 is 2.82 bits per heavy atom. The van der Waals surface area contributed by atoms with E-state index in [1.54, 1.807) is 0 Å². The Balaban J connectivity index is 3.23. The Morgan fingerprint density at radius 1 is 1.73 bits per heavy atom. The average molecular weight is 193 g/mol. The van der Waals surface area contributed by atoms with Crippen LogP contribution in [-0.2, 0) is 11.1 Å². The third-order valence-electron chi connectivity index (χ3n) is 1.04. The van der Waals surface area contributed by atoms with Gasteiger partial charge >= 0.3 is 0 Å². The lowest BCUT2D eigenvalue weighted by atomic mass is 10.5. The lowest BCUT2D eigenvalue weighted by Gasteiger charge is -1.98. The number of halogens is 1. The van der Waals surface area contributed by atoms with Crippen molar-refractivity contribution in [2.45, 2.75) is 4.90 Å². The summed E-state index contributed by atoms with van der Waals surface area (Å²) in [5, 5.41) is 0.289. The van der Waals surface area contributed by atoms with E-state index in [2.05, 4.69) is 4.98 Å². The van der Waals surface area contributed by atoms with Crippen molar-refractivity contribution in [3.8, 4) is 0 Å². The van der Waals surface area contributed by atoms with Gasteiger partial charge in [0.05, 0.1) is 5.02 Å². The lowest BCUT2D eigenvalue weighted by molar-refractivity contribution is 0.564. The first-order chi connectivity index (χ1) is 5.11. The van der Waals surface area contributed by atoms with Crippen molar-refractivity contribution in [2.75, 3.05) is 5.73 Å². The van der Waals surface area contributed by atoms with Gasteiger partial charge in [-0.3, -0.25) is 0 Å². The molecular formula is C5H5ClN2O2S. The summed E-state index contributed by atoms with van der Waals surface area (Å²) in [6.07, 6.45) is 1.31. The van der Waals surface area contributed by atoms with Crippen molar-refractivity contribution in [3.63, 3.8) is 0 Å². The number of anilines is 1. The molecule has 0 spiro atoms. The topological polar surface area (TPSA) is 76.2 Å². The molecule has 1 rings (SSSR count). The highest BCUT2D eigenvalue weighted by Gasteiger charge is 2.06. The van der Waals surface area contributed by atoms with Gasteiger partial charge in [-0.2, -0.15) is 0 Å². The minimum atomic E-state index is -2.12. The molecule has 0 aliphatic rings. The molecule has 0 bridgehead atoms. The van der Waals surface area contributed by atoms with Gasteiger partial charge in [-0.1, -0.05) is 11.6 Å². The van der Waals surface area contributed by atoms with Crippen molar-refractivity contribution in [1.29, 1.82) is 0 Å². The van der Waals surface area contributed by atoms with Crippen LogP contribution in [0.2, 0.25) is 5.02 Å². The minimum Gasteiger partial charge on any atom is -0.383 e. The summed E-state index contributed by atoms with van der Waals surface area (Å²) in [6.45, 7) is 0. The smallest absolute Gasteiger partial charge is 0.190 e. The maximum atomic E-state index is 10.5. The summed E-state index contributed by atoms with van der Waals surface area (Å²) in [7, 11) is 0. The van der Waals surface area contributed by atoms with Crippen molar-refractivity contribution in [3.05, 3.63) is 17.3 Å². The van der Waals surface area contributed by atoms with Crippen molar-refractivity contribution in [1.82, 2.24) is 4.98 Å². The Labute approximate surface area is 70.7 Å². The van der Waals surface area contributed by atoms with Crippen LogP contribution >= 0.6 is 11.6 Å². The number of rotatable bonds is 1. The Bertz CT molecular complexity index is 305. The molecule has 0 saturated carbocycles. The molecule has 0 radical (unpaired) electrons. The summed E-state index contributed by atoms with van der Waals surface area (Å²) in [6, 6.07) is 1.31. The molecule has 1 aromatic rings. The van der Waals surface area contributed by atoms with Crippen LogP contribution in [-0.4, -0.2) is 13.7 Å². The molecule has 0 aliphatic heterocycles. The molecule has 60 valence electrons. The van der Waals surface area contributed by atoms with Gasteiger partial charge < -0.3 is 10.3 Å². The predicted molar refractivity (Wildman–Crippen MR) is 42.7 cm³/mol. The molecule has 6 heteroatoms. The van der Waals surface area contributed by atoms with Crippen LogP contribution < -0.4 is 5.73 Å². The minimum absolute atomic E-state index is 0.0234. The molecule has 1 atom stereocenters. The zero-order valence-electron chi connectivity index (χ0n) is 5.32. The largest absolute Gasteiger partial charge is 0.383 e. The number of nitrogens with zero attached hydrogens (tertiary/aromatic N) is 1. The van der Waals surface area contributed by atoms with E-state index < -0.39 is 11.1 Å². The zero-order chi connectivity index (χ0) is 8.43. The predicted octanol–water partition coefficient (Wildman–Crippen LogP) is 0.898. The van der Waals surface area contributed by atoms with Gasteiger partial charge in [0.1, 0.15) is 10.7 Å². The fraction of sp³-hybridized carbons (Fsp3) is 0. The van der Waals surface area contributed by atoms with Gasteiger partial charge in [0.2, 0.25) is 0 Å². The maximum Gasteiger partial charge on any atom is 0.190 e. The summed E-state index contributed by atoms with van der Waals surface area (Å²) in [5.41, 5.74) is 5.27. The number of pyridine rings is 1. The van der Waals surface area contributed by atoms with Gasteiger partial charge in [-0.15, -0.1) is 0 Å². The number of nitrogen functional groups attached to an aromatic ring is 1. The molecule has 1 heterocycles. The average Bonchev–Trinajstić information content (AvgIpc) is 1.94. The summed E-state index contributed by atoms with van der Waals surface area (Å²) in [5.74, 6) is 0.0234. The number of aromatic nitrogens is 1. The Hall–Kier alpha value is -0.650. The molecule has 0 aliphatic carbocycles. The van der Waals surface area contributed by atoms with E-state index in [-0.39, 0.29) is 15.7 Å². The van der Waals surface area contributed by atoms with E-state index in [4.69, 9.17) is 21.9 Å². The fourth-order valence-corrected chi connectivity index (χ4v) is 1.25. The molecule has 1 aromatic heterocycles. The standard InChI is InChI=1S/C5H5ClN2O2S/c6-3-1-4(11(9)10)5(7)8-2-3/h1-2H,(H2,7,8)(H,9,10). The number of hydrogen-bond donors (Lipinski definition) is 2. The first-order valence-electron chi connectivity index (χ1n) is 2.63. The van der Waals surface area contributed by atoms with Crippen molar-refractivity contribution >= 4 is 28.5 Å². The molecule has 0 aromatic carbocycles. The normalized spacial score (nSPS) is 12.9. The van der Waals surface area contributed by atoms with Crippen LogP contribution in [0.1, 0.15) is 0 Å². The fourth-order valence-electron chi connectivity index (χ4n) is 0.571. The third kappa shape index (κ3) is 1.89. The second-order valence-corrected chi connectivity index (χ2v) is 3.16. The Morgan fingerprint density at radius 2 is 2.36 bits per heavy atom. The van der Waals surface area contributed by atoms with Crippen LogP contribution in [0.15, 0.2) is 17.2 Å². The number of hydrogen-bond acceptors (Lipinski definition) is 3. The van der Waals surface area contributed by atoms with Crippen LogP contribution in [0.5, 0.6) is 0 Å². The Kier molecular flexibility index (Phi) is 2.43. The van der Waals surface area contributed by atoms with Crippen LogP contribution in [0.3, 0.4) is 0 Å². The highest BCUT2D eigenvalue weighted by molar-refractivity contribution is 7.79. The molecule has 1 unspecified atom stereocenters.